The Morgan fingerprint density at radius 3 is 2.48 bits per heavy atom. The molecule has 0 aliphatic carbocycles. The second-order valence-corrected chi connectivity index (χ2v) is 6.81. The van der Waals surface area contributed by atoms with Gasteiger partial charge in [0.05, 0.1) is 12.2 Å². The van der Waals surface area contributed by atoms with Crippen molar-refractivity contribution in [1.82, 2.24) is 9.80 Å². The summed E-state index contributed by atoms with van der Waals surface area (Å²) in [6.45, 7) is 5.29. The standard InChI is InChI=1S/C16H21N3O5S/c1-5-10-9(3)25-14(13(10)15(22)24-6-2)17-11(20)7-19-12(21)8-18(4)16(19)23/h5-8H2,1-4H3,(H,17,20). The zero-order valence-electron chi connectivity index (χ0n) is 14.7. The fraction of sp³-hybridized carbons (Fsp3) is 0.500. The van der Waals surface area contributed by atoms with Gasteiger partial charge in [0, 0.05) is 11.9 Å². The molecule has 1 aliphatic heterocycles. The van der Waals surface area contributed by atoms with Crippen LogP contribution in [0, 0.1) is 6.92 Å². The number of anilines is 1. The summed E-state index contributed by atoms with van der Waals surface area (Å²) in [4.78, 5) is 51.2. The van der Waals surface area contributed by atoms with Crippen molar-refractivity contribution >= 4 is 40.2 Å². The van der Waals surface area contributed by atoms with Crippen molar-refractivity contribution in [3.8, 4) is 0 Å². The van der Waals surface area contributed by atoms with E-state index in [4.69, 9.17) is 4.74 Å². The lowest BCUT2D eigenvalue weighted by molar-refractivity contribution is -0.129. The maximum absolute atomic E-state index is 12.3. The monoisotopic (exact) mass is 367 g/mol. The van der Waals surface area contributed by atoms with Crippen LogP contribution in [0.25, 0.3) is 0 Å². The van der Waals surface area contributed by atoms with Crippen LogP contribution >= 0.6 is 11.3 Å². The molecule has 0 unspecified atom stereocenters. The van der Waals surface area contributed by atoms with Gasteiger partial charge < -0.3 is 15.0 Å². The van der Waals surface area contributed by atoms with Gasteiger partial charge >= 0.3 is 12.0 Å². The number of rotatable bonds is 6. The Labute approximate surface area is 149 Å². The molecule has 0 atom stereocenters. The van der Waals surface area contributed by atoms with Gasteiger partial charge in [-0.15, -0.1) is 11.3 Å². The minimum atomic E-state index is -0.536. The summed E-state index contributed by atoms with van der Waals surface area (Å²) in [6, 6.07) is -0.512. The van der Waals surface area contributed by atoms with Crippen LogP contribution in [0.2, 0.25) is 0 Å². The van der Waals surface area contributed by atoms with Gasteiger partial charge in [-0.1, -0.05) is 6.92 Å². The number of urea groups is 1. The summed E-state index contributed by atoms with van der Waals surface area (Å²) in [5.41, 5.74) is 1.17. The number of nitrogens with one attached hydrogen (secondary N) is 1. The molecule has 4 amide bonds. The Hall–Kier alpha value is -2.42. The Morgan fingerprint density at radius 2 is 1.96 bits per heavy atom. The van der Waals surface area contributed by atoms with Gasteiger partial charge in [0.15, 0.2) is 0 Å². The summed E-state index contributed by atoms with van der Waals surface area (Å²) < 4.78 is 5.08. The first-order valence-corrected chi connectivity index (χ1v) is 8.76. The molecule has 1 saturated heterocycles. The van der Waals surface area contributed by atoms with Crippen LogP contribution in [0.5, 0.6) is 0 Å². The van der Waals surface area contributed by atoms with Crippen LogP contribution in [-0.4, -0.2) is 60.4 Å². The number of carbonyl (C=O) groups is 4. The van der Waals surface area contributed by atoms with E-state index in [1.54, 1.807) is 6.92 Å². The smallest absolute Gasteiger partial charge is 0.341 e. The van der Waals surface area contributed by atoms with E-state index in [-0.39, 0.29) is 19.7 Å². The molecule has 2 heterocycles. The number of amides is 4. The van der Waals surface area contributed by atoms with Gasteiger partial charge in [0.2, 0.25) is 5.91 Å². The lowest BCUT2D eigenvalue weighted by Gasteiger charge is -2.14. The van der Waals surface area contributed by atoms with Gasteiger partial charge in [0.1, 0.15) is 18.1 Å². The number of thiophene rings is 1. The third-order valence-corrected chi connectivity index (χ3v) is 4.89. The highest BCUT2D eigenvalue weighted by Crippen LogP contribution is 2.34. The minimum absolute atomic E-state index is 0.0434. The lowest BCUT2D eigenvalue weighted by Crippen LogP contribution is -2.38. The molecule has 0 radical (unpaired) electrons. The molecular formula is C16H21N3O5S. The molecule has 0 saturated carbocycles. The van der Waals surface area contributed by atoms with Crippen LogP contribution in [0.4, 0.5) is 9.80 Å². The highest BCUT2D eigenvalue weighted by atomic mass is 32.1. The number of likely N-dealkylation sites (N-methyl/N-ethyl adjacent to an activating group) is 1. The number of carbonyl (C=O) groups excluding carboxylic acids is 4. The Bertz CT molecular complexity index is 728. The average molecular weight is 367 g/mol. The zero-order chi connectivity index (χ0) is 18.7. The van der Waals surface area contributed by atoms with Crippen molar-refractivity contribution in [2.24, 2.45) is 0 Å². The molecule has 25 heavy (non-hydrogen) atoms. The van der Waals surface area contributed by atoms with Crippen LogP contribution in [0.15, 0.2) is 0 Å². The summed E-state index contributed by atoms with van der Waals surface area (Å²) >= 11 is 1.28. The van der Waals surface area contributed by atoms with E-state index in [0.717, 1.165) is 15.3 Å². The Morgan fingerprint density at radius 1 is 1.28 bits per heavy atom. The fourth-order valence-electron chi connectivity index (χ4n) is 2.65. The molecule has 1 fully saturated rings. The van der Waals surface area contributed by atoms with E-state index in [1.807, 2.05) is 13.8 Å². The van der Waals surface area contributed by atoms with Crippen molar-refractivity contribution in [3.05, 3.63) is 16.0 Å². The maximum Gasteiger partial charge on any atom is 0.341 e. The lowest BCUT2D eigenvalue weighted by atomic mass is 10.1. The molecule has 0 bridgehead atoms. The van der Waals surface area contributed by atoms with Crippen LogP contribution in [0.1, 0.15) is 34.6 Å². The largest absolute Gasteiger partial charge is 0.462 e. The molecule has 0 spiro atoms. The molecule has 1 aromatic rings. The van der Waals surface area contributed by atoms with Crippen molar-refractivity contribution in [1.29, 1.82) is 0 Å². The van der Waals surface area contributed by atoms with Crippen LogP contribution in [-0.2, 0) is 20.7 Å². The second-order valence-electron chi connectivity index (χ2n) is 5.58. The van der Waals surface area contributed by atoms with E-state index in [9.17, 15) is 19.2 Å². The summed E-state index contributed by atoms with van der Waals surface area (Å²) in [6.07, 6.45) is 0.625. The molecule has 1 aliphatic rings. The van der Waals surface area contributed by atoms with Gasteiger partial charge in [-0.3, -0.25) is 14.5 Å². The average Bonchev–Trinajstić information content (AvgIpc) is 2.98. The minimum Gasteiger partial charge on any atom is -0.462 e. The van der Waals surface area contributed by atoms with Gasteiger partial charge in [0.25, 0.3) is 5.91 Å². The van der Waals surface area contributed by atoms with Gasteiger partial charge in [-0.2, -0.15) is 0 Å². The highest BCUT2D eigenvalue weighted by molar-refractivity contribution is 7.16. The number of hydrogen-bond donors (Lipinski definition) is 1. The second kappa shape index (κ2) is 7.64. The van der Waals surface area contributed by atoms with Crippen LogP contribution < -0.4 is 5.32 Å². The van der Waals surface area contributed by atoms with E-state index in [2.05, 4.69) is 5.32 Å². The third kappa shape index (κ3) is 3.81. The molecule has 2 rings (SSSR count). The molecule has 0 aromatic carbocycles. The first-order valence-electron chi connectivity index (χ1n) is 7.94. The number of ether oxygens (including phenoxy) is 1. The molecule has 136 valence electrons. The number of aryl methyl sites for hydroxylation is 1. The van der Waals surface area contributed by atoms with Crippen molar-refractivity contribution < 1.29 is 23.9 Å². The van der Waals surface area contributed by atoms with Crippen molar-refractivity contribution in [3.63, 3.8) is 0 Å². The van der Waals surface area contributed by atoms with Gasteiger partial charge in [-0.05, 0) is 25.8 Å². The fourth-order valence-corrected chi connectivity index (χ4v) is 3.80. The predicted molar refractivity (Wildman–Crippen MR) is 92.8 cm³/mol. The van der Waals surface area contributed by atoms with E-state index >= 15 is 0 Å². The van der Waals surface area contributed by atoms with Crippen molar-refractivity contribution in [2.45, 2.75) is 27.2 Å². The number of nitrogens with zero attached hydrogens (tertiary/aromatic N) is 2. The first kappa shape index (κ1) is 18.9. The van der Waals surface area contributed by atoms with E-state index in [0.29, 0.717) is 17.0 Å². The summed E-state index contributed by atoms with van der Waals surface area (Å²) in [5.74, 6) is -1.46. The Kier molecular flexibility index (Phi) is 5.78. The van der Waals surface area contributed by atoms with E-state index in [1.165, 1.54) is 23.3 Å². The Balaban J connectivity index is 2.19. The zero-order valence-corrected chi connectivity index (χ0v) is 15.5. The predicted octanol–water partition coefficient (Wildman–Crippen LogP) is 1.63. The molecule has 1 aromatic heterocycles. The molecule has 8 nitrogen and oxygen atoms in total. The number of imide groups is 1. The summed E-state index contributed by atoms with van der Waals surface area (Å²) in [7, 11) is 1.49. The SMILES string of the molecule is CCOC(=O)c1c(NC(=O)CN2C(=O)CN(C)C2=O)sc(C)c1CC. The summed E-state index contributed by atoms with van der Waals surface area (Å²) in [5, 5.41) is 3.02. The first-order chi connectivity index (χ1) is 11.8. The van der Waals surface area contributed by atoms with E-state index < -0.39 is 23.8 Å². The molecule has 1 N–H and O–H groups in total. The normalized spacial score (nSPS) is 14.2. The maximum atomic E-state index is 12.3. The van der Waals surface area contributed by atoms with Crippen molar-refractivity contribution in [2.75, 3.05) is 32.1 Å². The number of esters is 1. The quantitative estimate of drug-likeness (QED) is 0.609. The van der Waals surface area contributed by atoms with Crippen LogP contribution in [0.3, 0.4) is 0 Å². The number of hydrogen-bond acceptors (Lipinski definition) is 6. The third-order valence-electron chi connectivity index (χ3n) is 3.83. The molecule has 9 heteroatoms. The topological polar surface area (TPSA) is 96.0 Å². The van der Waals surface area contributed by atoms with Gasteiger partial charge in [-0.25, -0.2) is 9.59 Å². The molecular weight excluding hydrogens is 346 g/mol. The highest BCUT2D eigenvalue weighted by Gasteiger charge is 2.35.